The van der Waals surface area contributed by atoms with Crippen LogP contribution in [0.5, 0.6) is 11.5 Å². The van der Waals surface area contributed by atoms with Crippen molar-refractivity contribution in [2.45, 2.75) is 5.75 Å². The fourth-order valence-corrected chi connectivity index (χ4v) is 3.57. The number of ether oxygens (including phenoxy) is 3. The summed E-state index contributed by atoms with van der Waals surface area (Å²) in [5, 5.41) is 8.65. The molecule has 30 heavy (non-hydrogen) atoms. The number of amidine groups is 1. The number of hydrogen-bond acceptors (Lipinski definition) is 7. The third kappa shape index (κ3) is 7.05. The van der Waals surface area contributed by atoms with E-state index in [0.717, 1.165) is 44.2 Å². The first-order valence-electron chi connectivity index (χ1n) is 9.89. The maximum absolute atomic E-state index is 6.04. The molecular formula is C22H28N4O3S. The zero-order chi connectivity index (χ0) is 21.0. The van der Waals surface area contributed by atoms with Crippen molar-refractivity contribution in [3.63, 3.8) is 0 Å². The Hall–Kier alpha value is -2.55. The number of rotatable bonds is 9. The highest BCUT2D eigenvalue weighted by molar-refractivity contribution is 8.13. The molecule has 0 aromatic heterocycles. The van der Waals surface area contributed by atoms with E-state index >= 15 is 0 Å². The Morgan fingerprint density at radius 1 is 1.17 bits per heavy atom. The summed E-state index contributed by atoms with van der Waals surface area (Å²) in [6, 6.07) is 15.8. The summed E-state index contributed by atoms with van der Waals surface area (Å²) in [6.07, 6.45) is 1.64. The topological polar surface area (TPSA) is 81.7 Å². The molecule has 0 aliphatic carbocycles. The monoisotopic (exact) mass is 428 g/mol. The van der Waals surface area contributed by atoms with Gasteiger partial charge in [0, 0.05) is 31.0 Å². The van der Waals surface area contributed by atoms with Gasteiger partial charge in [0.25, 0.3) is 0 Å². The zero-order valence-electron chi connectivity index (χ0n) is 17.2. The summed E-state index contributed by atoms with van der Waals surface area (Å²) < 4.78 is 16.9. The fourth-order valence-electron chi connectivity index (χ4n) is 2.96. The minimum atomic E-state index is 0.410. The highest BCUT2D eigenvalue weighted by Gasteiger charge is 2.13. The molecule has 3 rings (SSSR count). The molecule has 1 aliphatic rings. The molecule has 1 heterocycles. The van der Waals surface area contributed by atoms with Gasteiger partial charge in [-0.15, -0.1) is 5.10 Å². The molecule has 2 N–H and O–H groups in total. The number of benzene rings is 2. The van der Waals surface area contributed by atoms with Crippen molar-refractivity contribution in [2.24, 2.45) is 15.9 Å². The molecule has 0 bridgehead atoms. The van der Waals surface area contributed by atoms with Crippen molar-refractivity contribution in [3.05, 3.63) is 59.7 Å². The van der Waals surface area contributed by atoms with Gasteiger partial charge in [-0.25, -0.2) is 0 Å². The molecule has 2 aromatic carbocycles. The van der Waals surface area contributed by atoms with Crippen LogP contribution in [0, 0.1) is 0 Å². The SMILES string of the molecule is COc1cccc(C=NN=C(N)SCc2ccccc2)c1OCCN1CCOCC1. The molecule has 0 saturated carbocycles. The quantitative estimate of drug-likeness (QED) is 0.376. The average Bonchev–Trinajstić information content (AvgIpc) is 2.80. The lowest BCUT2D eigenvalue weighted by molar-refractivity contribution is 0.0321. The van der Waals surface area contributed by atoms with Crippen LogP contribution in [0.4, 0.5) is 0 Å². The van der Waals surface area contributed by atoms with Gasteiger partial charge in [-0.1, -0.05) is 48.2 Å². The van der Waals surface area contributed by atoms with Gasteiger partial charge in [-0.2, -0.15) is 5.10 Å². The third-order valence-corrected chi connectivity index (χ3v) is 5.42. The normalized spacial score (nSPS) is 15.4. The van der Waals surface area contributed by atoms with Gasteiger partial charge in [0.1, 0.15) is 6.61 Å². The molecule has 7 nitrogen and oxygen atoms in total. The van der Waals surface area contributed by atoms with Gasteiger partial charge < -0.3 is 19.9 Å². The van der Waals surface area contributed by atoms with Crippen molar-refractivity contribution in [3.8, 4) is 11.5 Å². The van der Waals surface area contributed by atoms with Crippen molar-refractivity contribution in [2.75, 3.05) is 46.6 Å². The van der Waals surface area contributed by atoms with Gasteiger partial charge in [-0.05, 0) is 17.7 Å². The Labute approximate surface area is 181 Å². The molecule has 0 radical (unpaired) electrons. The van der Waals surface area contributed by atoms with Gasteiger partial charge in [0.2, 0.25) is 0 Å². The van der Waals surface area contributed by atoms with E-state index in [0.29, 0.717) is 23.3 Å². The number of nitrogens with zero attached hydrogens (tertiary/aromatic N) is 3. The highest BCUT2D eigenvalue weighted by atomic mass is 32.2. The molecule has 1 aliphatic heterocycles. The number of para-hydroxylation sites is 1. The van der Waals surface area contributed by atoms with Gasteiger partial charge in [0.15, 0.2) is 16.7 Å². The van der Waals surface area contributed by atoms with E-state index in [9.17, 15) is 0 Å². The van der Waals surface area contributed by atoms with Crippen LogP contribution >= 0.6 is 11.8 Å². The second kappa shape index (κ2) is 12.2. The summed E-state index contributed by atoms with van der Waals surface area (Å²) >= 11 is 1.45. The highest BCUT2D eigenvalue weighted by Crippen LogP contribution is 2.30. The summed E-state index contributed by atoms with van der Waals surface area (Å²) in [5.74, 6) is 2.07. The van der Waals surface area contributed by atoms with E-state index in [1.807, 2.05) is 36.4 Å². The molecule has 8 heteroatoms. The first-order chi connectivity index (χ1) is 14.8. The van der Waals surface area contributed by atoms with Crippen molar-refractivity contribution in [1.82, 2.24) is 4.90 Å². The molecule has 0 unspecified atom stereocenters. The van der Waals surface area contributed by atoms with Crippen LogP contribution in [-0.2, 0) is 10.5 Å². The predicted octanol–water partition coefficient (Wildman–Crippen LogP) is 2.99. The van der Waals surface area contributed by atoms with Crippen molar-refractivity contribution >= 4 is 23.1 Å². The zero-order valence-corrected chi connectivity index (χ0v) is 18.0. The molecule has 0 spiro atoms. The second-order valence-electron chi connectivity index (χ2n) is 6.64. The Kier molecular flexibility index (Phi) is 9.02. The summed E-state index contributed by atoms with van der Waals surface area (Å²) in [5.41, 5.74) is 7.95. The summed E-state index contributed by atoms with van der Waals surface area (Å²) in [7, 11) is 1.63. The third-order valence-electron chi connectivity index (χ3n) is 4.57. The smallest absolute Gasteiger partial charge is 0.180 e. The van der Waals surface area contributed by atoms with Crippen LogP contribution < -0.4 is 15.2 Å². The molecule has 0 atom stereocenters. The summed E-state index contributed by atoms with van der Waals surface area (Å²) in [4.78, 5) is 2.32. The molecule has 0 amide bonds. The number of nitrogens with two attached hydrogens (primary N) is 1. The van der Waals surface area contributed by atoms with Crippen molar-refractivity contribution < 1.29 is 14.2 Å². The minimum Gasteiger partial charge on any atom is -0.493 e. The van der Waals surface area contributed by atoms with Crippen LogP contribution in [0.25, 0.3) is 0 Å². The maximum atomic E-state index is 6.04. The Bertz CT molecular complexity index is 840. The van der Waals surface area contributed by atoms with Gasteiger partial charge >= 0.3 is 0 Å². The van der Waals surface area contributed by atoms with E-state index in [1.165, 1.54) is 17.3 Å². The lowest BCUT2D eigenvalue weighted by atomic mass is 10.2. The predicted molar refractivity (Wildman–Crippen MR) is 123 cm³/mol. The molecule has 2 aromatic rings. The Morgan fingerprint density at radius 3 is 2.73 bits per heavy atom. The second-order valence-corrected chi connectivity index (χ2v) is 7.63. The van der Waals surface area contributed by atoms with E-state index in [4.69, 9.17) is 19.9 Å². The molecule has 1 fully saturated rings. The largest absolute Gasteiger partial charge is 0.493 e. The maximum Gasteiger partial charge on any atom is 0.180 e. The Morgan fingerprint density at radius 2 is 1.97 bits per heavy atom. The first-order valence-corrected chi connectivity index (χ1v) is 10.9. The standard InChI is InChI=1S/C22H28N4O3S/c1-27-20-9-5-8-19(21(20)29-15-12-26-10-13-28-14-11-26)16-24-25-22(23)30-17-18-6-3-2-4-7-18/h2-9,16H,10-15,17H2,1H3,(H2,23,25). The van der Waals surface area contributed by atoms with E-state index in [-0.39, 0.29) is 0 Å². The molecule has 1 saturated heterocycles. The lowest BCUT2D eigenvalue weighted by Gasteiger charge is -2.26. The van der Waals surface area contributed by atoms with Crippen LogP contribution in [0.2, 0.25) is 0 Å². The van der Waals surface area contributed by atoms with Crippen LogP contribution in [0.15, 0.2) is 58.7 Å². The molecule has 160 valence electrons. The van der Waals surface area contributed by atoms with Crippen molar-refractivity contribution in [1.29, 1.82) is 0 Å². The van der Waals surface area contributed by atoms with Gasteiger partial charge in [-0.3, -0.25) is 4.90 Å². The number of thioether (sulfide) groups is 1. The summed E-state index contributed by atoms with van der Waals surface area (Å²) in [6.45, 7) is 4.79. The number of hydrogen-bond donors (Lipinski definition) is 1. The fraction of sp³-hybridized carbons (Fsp3) is 0.364. The number of methoxy groups -OCH3 is 1. The molecular weight excluding hydrogens is 400 g/mol. The van der Waals surface area contributed by atoms with Crippen LogP contribution in [0.3, 0.4) is 0 Å². The van der Waals surface area contributed by atoms with E-state index < -0.39 is 0 Å². The lowest BCUT2D eigenvalue weighted by Crippen LogP contribution is -2.38. The van der Waals surface area contributed by atoms with E-state index in [2.05, 4.69) is 27.2 Å². The van der Waals surface area contributed by atoms with E-state index in [1.54, 1.807) is 13.3 Å². The number of morpholine rings is 1. The first kappa shape index (κ1) is 22.1. The van der Waals surface area contributed by atoms with Gasteiger partial charge in [0.05, 0.1) is 26.5 Å². The van der Waals surface area contributed by atoms with Crippen LogP contribution in [-0.4, -0.2) is 62.8 Å². The Balaban J connectivity index is 1.58. The minimum absolute atomic E-state index is 0.410. The average molecular weight is 429 g/mol. The van der Waals surface area contributed by atoms with Crippen LogP contribution in [0.1, 0.15) is 11.1 Å².